The Labute approximate surface area is 59.8 Å². The predicted molar refractivity (Wildman–Crippen MR) is 33.7 cm³/mol. The van der Waals surface area contributed by atoms with Crippen LogP contribution in [0.2, 0.25) is 0 Å². The zero-order valence-corrected chi connectivity index (χ0v) is 5.79. The maximum atomic E-state index is 8.39. The van der Waals surface area contributed by atoms with Crippen molar-refractivity contribution in [3.05, 3.63) is 0 Å². The third-order valence-corrected chi connectivity index (χ3v) is 1.58. The summed E-state index contributed by atoms with van der Waals surface area (Å²) in [6.07, 6.45) is 0.542. The van der Waals surface area contributed by atoms with E-state index in [-0.39, 0.29) is 5.60 Å². The van der Waals surface area contributed by atoms with Crippen LogP contribution in [0.1, 0.15) is 13.3 Å². The summed E-state index contributed by atoms with van der Waals surface area (Å²) in [4.78, 5) is 0. The molecule has 0 bridgehead atoms. The Bertz CT molecular complexity index is 193. The van der Waals surface area contributed by atoms with Gasteiger partial charge < -0.3 is 4.74 Å². The Morgan fingerprint density at radius 1 is 1.60 bits per heavy atom. The van der Waals surface area contributed by atoms with Gasteiger partial charge in [-0.15, -0.1) is 0 Å². The normalized spacial score (nSPS) is 29.2. The fourth-order valence-corrected chi connectivity index (χ4v) is 0.793. The summed E-state index contributed by atoms with van der Waals surface area (Å²) < 4.78 is 5.03. The van der Waals surface area contributed by atoms with Gasteiger partial charge in [-0.25, -0.2) is 0 Å². The van der Waals surface area contributed by atoms with Crippen molar-refractivity contribution in [1.82, 2.24) is 0 Å². The predicted octanol–water partition coefficient (Wildman–Crippen LogP) is 0.829. The Morgan fingerprint density at radius 3 is 2.40 bits per heavy atom. The molecule has 0 spiro atoms. The molecule has 1 aliphatic heterocycles. The Kier molecular flexibility index (Phi) is 1.61. The summed E-state index contributed by atoms with van der Waals surface area (Å²) in [6.45, 7) is 2.60. The van der Waals surface area contributed by atoms with E-state index >= 15 is 0 Å². The molecular formula is C7H8N2O. The van der Waals surface area contributed by atoms with E-state index in [0.717, 1.165) is 0 Å². The van der Waals surface area contributed by atoms with Crippen LogP contribution in [-0.4, -0.2) is 12.2 Å². The highest BCUT2D eigenvalue weighted by Crippen LogP contribution is 2.32. The van der Waals surface area contributed by atoms with Crippen LogP contribution in [0.25, 0.3) is 0 Å². The second-order valence-electron chi connectivity index (χ2n) is 2.75. The van der Waals surface area contributed by atoms with Crippen molar-refractivity contribution in [3.63, 3.8) is 0 Å². The smallest absolute Gasteiger partial charge is 0.136 e. The average Bonchev–Trinajstić information content (AvgIpc) is 2.64. The molecule has 1 heterocycles. The lowest BCUT2D eigenvalue weighted by Gasteiger charge is -2.02. The van der Waals surface area contributed by atoms with Crippen LogP contribution in [0.5, 0.6) is 0 Å². The minimum absolute atomic E-state index is 0.171. The number of nitriles is 2. The maximum Gasteiger partial charge on any atom is 0.136 e. The highest BCUT2D eigenvalue weighted by molar-refractivity contribution is 5.05. The van der Waals surface area contributed by atoms with Crippen LogP contribution in [-0.2, 0) is 4.74 Å². The average molecular weight is 136 g/mol. The largest absolute Gasteiger partial charge is 0.370 e. The van der Waals surface area contributed by atoms with Gasteiger partial charge in [-0.2, -0.15) is 10.5 Å². The molecule has 52 valence electrons. The fraction of sp³-hybridized carbons (Fsp3) is 0.714. The van der Waals surface area contributed by atoms with E-state index in [4.69, 9.17) is 15.3 Å². The first-order valence-corrected chi connectivity index (χ1v) is 3.13. The van der Waals surface area contributed by atoms with E-state index in [1.165, 1.54) is 0 Å². The number of hydrogen-bond acceptors (Lipinski definition) is 3. The topological polar surface area (TPSA) is 60.1 Å². The SMILES string of the molecule is CC1(CC(C#N)C#N)CO1. The molecule has 1 rings (SSSR count). The summed E-state index contributed by atoms with van der Waals surface area (Å²) in [7, 11) is 0. The van der Waals surface area contributed by atoms with Gasteiger partial charge in [0.1, 0.15) is 5.92 Å². The van der Waals surface area contributed by atoms with Gasteiger partial charge in [0.25, 0.3) is 0 Å². The van der Waals surface area contributed by atoms with Crippen molar-refractivity contribution in [1.29, 1.82) is 10.5 Å². The molecule has 0 saturated carbocycles. The highest BCUT2D eigenvalue weighted by atomic mass is 16.6. The van der Waals surface area contributed by atoms with Gasteiger partial charge in [-0.3, -0.25) is 0 Å². The number of ether oxygens (including phenoxy) is 1. The molecule has 1 aliphatic rings. The monoisotopic (exact) mass is 136 g/mol. The van der Waals surface area contributed by atoms with E-state index < -0.39 is 5.92 Å². The molecular weight excluding hydrogens is 128 g/mol. The summed E-state index contributed by atoms with van der Waals surface area (Å²) >= 11 is 0. The van der Waals surface area contributed by atoms with Gasteiger partial charge in [0, 0.05) is 6.42 Å². The summed E-state index contributed by atoms with van der Waals surface area (Å²) in [6, 6.07) is 3.81. The summed E-state index contributed by atoms with van der Waals surface area (Å²) in [5.74, 6) is -0.507. The first-order valence-electron chi connectivity index (χ1n) is 3.13. The van der Waals surface area contributed by atoms with Crippen LogP contribution < -0.4 is 0 Å². The lowest BCUT2D eigenvalue weighted by molar-refractivity contribution is 0.300. The molecule has 3 heteroatoms. The van der Waals surface area contributed by atoms with Gasteiger partial charge in [0.15, 0.2) is 0 Å². The van der Waals surface area contributed by atoms with Crippen molar-refractivity contribution in [2.24, 2.45) is 5.92 Å². The van der Waals surface area contributed by atoms with Crippen molar-refractivity contribution in [2.45, 2.75) is 18.9 Å². The van der Waals surface area contributed by atoms with Crippen LogP contribution in [0.15, 0.2) is 0 Å². The number of hydrogen-bond donors (Lipinski definition) is 0. The van der Waals surface area contributed by atoms with Crippen molar-refractivity contribution in [3.8, 4) is 12.1 Å². The quantitative estimate of drug-likeness (QED) is 0.528. The lowest BCUT2D eigenvalue weighted by atomic mass is 9.99. The molecule has 1 atom stereocenters. The molecule has 3 nitrogen and oxygen atoms in total. The molecule has 0 amide bonds. The molecule has 10 heavy (non-hydrogen) atoms. The van der Waals surface area contributed by atoms with Crippen LogP contribution in [0.4, 0.5) is 0 Å². The van der Waals surface area contributed by atoms with Crippen LogP contribution in [0, 0.1) is 28.6 Å². The Morgan fingerprint density at radius 2 is 2.10 bits per heavy atom. The van der Waals surface area contributed by atoms with Gasteiger partial charge in [-0.05, 0) is 6.92 Å². The van der Waals surface area contributed by atoms with Crippen LogP contribution in [0.3, 0.4) is 0 Å². The first-order chi connectivity index (χ1) is 4.70. The Hall–Kier alpha value is -1.06. The van der Waals surface area contributed by atoms with Gasteiger partial charge in [-0.1, -0.05) is 0 Å². The van der Waals surface area contributed by atoms with E-state index in [9.17, 15) is 0 Å². The van der Waals surface area contributed by atoms with E-state index in [1.54, 1.807) is 0 Å². The van der Waals surface area contributed by atoms with E-state index in [2.05, 4.69) is 0 Å². The third-order valence-electron chi connectivity index (χ3n) is 1.58. The molecule has 1 saturated heterocycles. The molecule has 0 aromatic heterocycles. The summed E-state index contributed by atoms with van der Waals surface area (Å²) in [5, 5.41) is 16.8. The van der Waals surface area contributed by atoms with Gasteiger partial charge in [0.2, 0.25) is 0 Å². The van der Waals surface area contributed by atoms with Crippen molar-refractivity contribution in [2.75, 3.05) is 6.61 Å². The minimum Gasteiger partial charge on any atom is -0.370 e. The van der Waals surface area contributed by atoms with Crippen molar-refractivity contribution < 1.29 is 4.74 Å². The minimum atomic E-state index is -0.507. The standard InChI is InChI=1S/C7H8N2O/c1-7(5-10-7)2-6(3-8)4-9/h6H,2,5H2,1H3. The molecule has 1 unspecified atom stereocenters. The first kappa shape index (κ1) is 7.05. The molecule has 0 aliphatic carbocycles. The van der Waals surface area contributed by atoms with E-state index in [1.807, 2.05) is 19.1 Å². The van der Waals surface area contributed by atoms with Crippen molar-refractivity contribution >= 4 is 0 Å². The fourth-order valence-electron chi connectivity index (χ4n) is 0.793. The number of nitrogens with zero attached hydrogens (tertiary/aromatic N) is 2. The molecule has 0 radical (unpaired) electrons. The third kappa shape index (κ3) is 1.46. The molecule has 0 aromatic rings. The van der Waals surface area contributed by atoms with Crippen LogP contribution >= 0.6 is 0 Å². The second kappa shape index (κ2) is 2.28. The molecule has 0 N–H and O–H groups in total. The van der Waals surface area contributed by atoms with E-state index in [0.29, 0.717) is 13.0 Å². The van der Waals surface area contributed by atoms with Gasteiger partial charge in [0.05, 0.1) is 24.3 Å². The molecule has 1 fully saturated rings. The second-order valence-corrected chi connectivity index (χ2v) is 2.75. The number of rotatable bonds is 2. The number of epoxide rings is 1. The van der Waals surface area contributed by atoms with Gasteiger partial charge >= 0.3 is 0 Å². The zero-order chi connectivity index (χ0) is 7.61. The molecule has 0 aromatic carbocycles. The summed E-state index contributed by atoms with van der Waals surface area (Å²) in [5.41, 5.74) is -0.171. The zero-order valence-electron chi connectivity index (χ0n) is 5.79. The lowest BCUT2D eigenvalue weighted by Crippen LogP contribution is -2.10. The maximum absolute atomic E-state index is 8.39. The highest BCUT2D eigenvalue weighted by Gasteiger charge is 2.41. The Balaban J connectivity index is 2.39.